The van der Waals surface area contributed by atoms with Crippen LogP contribution in [0.3, 0.4) is 0 Å². The fourth-order valence-electron chi connectivity index (χ4n) is 1.55. The van der Waals surface area contributed by atoms with Gasteiger partial charge in [0.15, 0.2) is 5.82 Å². The molecule has 0 amide bonds. The summed E-state index contributed by atoms with van der Waals surface area (Å²) in [5, 5.41) is 0. The molecule has 20 heavy (non-hydrogen) atoms. The van der Waals surface area contributed by atoms with Gasteiger partial charge in [0.05, 0.1) is 0 Å². The summed E-state index contributed by atoms with van der Waals surface area (Å²) in [7, 11) is 0. The molecule has 106 valence electrons. The SMILES string of the molecule is CCc1cnc(-c2ccc(OC(F)C(F)F)cc2)nc1. The number of nitrogens with zero attached hydrogens (tertiary/aromatic N) is 2. The number of ether oxygens (including phenoxy) is 1. The van der Waals surface area contributed by atoms with Crippen LogP contribution in [-0.2, 0) is 6.42 Å². The van der Waals surface area contributed by atoms with Crippen molar-refractivity contribution in [3.05, 3.63) is 42.2 Å². The van der Waals surface area contributed by atoms with Gasteiger partial charge in [0, 0.05) is 18.0 Å². The highest BCUT2D eigenvalue weighted by Crippen LogP contribution is 2.21. The molecular weight excluding hydrogens is 269 g/mol. The van der Waals surface area contributed by atoms with Crippen molar-refractivity contribution in [1.82, 2.24) is 9.97 Å². The van der Waals surface area contributed by atoms with Gasteiger partial charge in [0.1, 0.15) is 5.75 Å². The Morgan fingerprint density at radius 1 is 1.05 bits per heavy atom. The van der Waals surface area contributed by atoms with Crippen LogP contribution >= 0.6 is 0 Å². The van der Waals surface area contributed by atoms with Crippen molar-refractivity contribution in [1.29, 1.82) is 0 Å². The van der Waals surface area contributed by atoms with Crippen molar-refractivity contribution in [2.24, 2.45) is 0 Å². The topological polar surface area (TPSA) is 35.0 Å². The standard InChI is InChI=1S/C14H13F3N2O/c1-2-9-7-18-14(19-8-9)10-3-5-11(6-4-10)20-13(17)12(15)16/h3-8,12-13H,2H2,1H3. The maximum atomic E-state index is 12.7. The van der Waals surface area contributed by atoms with Gasteiger partial charge < -0.3 is 4.74 Å². The van der Waals surface area contributed by atoms with E-state index < -0.39 is 12.8 Å². The van der Waals surface area contributed by atoms with Crippen LogP contribution in [0.25, 0.3) is 11.4 Å². The molecule has 0 radical (unpaired) electrons. The molecule has 0 aliphatic rings. The number of hydrogen-bond donors (Lipinski definition) is 0. The molecule has 2 rings (SSSR count). The third-order valence-electron chi connectivity index (χ3n) is 2.67. The van der Waals surface area contributed by atoms with Crippen molar-refractivity contribution < 1.29 is 17.9 Å². The van der Waals surface area contributed by atoms with Crippen molar-refractivity contribution in [2.75, 3.05) is 0 Å². The molecule has 2 aromatic rings. The Morgan fingerprint density at radius 3 is 2.15 bits per heavy atom. The summed E-state index contributed by atoms with van der Waals surface area (Å²) < 4.78 is 41.2. The molecule has 0 spiro atoms. The van der Waals surface area contributed by atoms with E-state index in [0.717, 1.165) is 12.0 Å². The zero-order valence-electron chi connectivity index (χ0n) is 10.8. The molecule has 1 atom stereocenters. The number of aromatic nitrogens is 2. The summed E-state index contributed by atoms with van der Waals surface area (Å²) in [5.74, 6) is 0.547. The van der Waals surface area contributed by atoms with Crippen molar-refractivity contribution in [3.63, 3.8) is 0 Å². The minimum Gasteiger partial charge on any atom is -0.454 e. The van der Waals surface area contributed by atoms with Gasteiger partial charge in [-0.25, -0.2) is 18.7 Å². The van der Waals surface area contributed by atoms with Gasteiger partial charge in [-0.05, 0) is 36.2 Å². The Balaban J connectivity index is 2.10. The minimum atomic E-state index is -3.17. The van der Waals surface area contributed by atoms with Gasteiger partial charge in [-0.15, -0.1) is 0 Å². The first kappa shape index (κ1) is 14.3. The molecule has 0 saturated carbocycles. The van der Waals surface area contributed by atoms with Crippen molar-refractivity contribution >= 4 is 0 Å². The van der Waals surface area contributed by atoms with Gasteiger partial charge in [-0.1, -0.05) is 6.92 Å². The molecule has 3 nitrogen and oxygen atoms in total. The average molecular weight is 282 g/mol. The number of hydrogen-bond acceptors (Lipinski definition) is 3. The molecule has 1 aromatic heterocycles. The van der Waals surface area contributed by atoms with E-state index in [9.17, 15) is 13.2 Å². The van der Waals surface area contributed by atoms with Crippen LogP contribution in [0.4, 0.5) is 13.2 Å². The van der Waals surface area contributed by atoms with Crippen molar-refractivity contribution in [2.45, 2.75) is 26.1 Å². The Labute approximate surface area is 114 Å². The molecule has 0 aliphatic heterocycles. The monoisotopic (exact) mass is 282 g/mol. The predicted octanol–water partition coefficient (Wildman–Crippen LogP) is 3.65. The summed E-state index contributed by atoms with van der Waals surface area (Å²) in [6.07, 6.45) is -1.50. The average Bonchev–Trinajstić information content (AvgIpc) is 2.48. The third kappa shape index (κ3) is 3.46. The van der Waals surface area contributed by atoms with Crippen LogP contribution in [0.5, 0.6) is 5.75 Å². The molecule has 1 unspecified atom stereocenters. The first-order valence-electron chi connectivity index (χ1n) is 6.10. The highest BCUT2D eigenvalue weighted by Gasteiger charge is 2.20. The lowest BCUT2D eigenvalue weighted by molar-refractivity contribution is -0.0668. The second-order valence-corrected chi connectivity index (χ2v) is 4.10. The molecular formula is C14H13F3N2O. The summed E-state index contributed by atoms with van der Waals surface area (Å²) >= 11 is 0. The summed E-state index contributed by atoms with van der Waals surface area (Å²) in [5.41, 5.74) is 1.72. The van der Waals surface area contributed by atoms with Gasteiger partial charge in [-0.3, -0.25) is 0 Å². The normalized spacial score (nSPS) is 12.4. The van der Waals surface area contributed by atoms with E-state index in [1.54, 1.807) is 24.5 Å². The van der Waals surface area contributed by atoms with Gasteiger partial charge in [0.2, 0.25) is 0 Å². The highest BCUT2D eigenvalue weighted by molar-refractivity contribution is 5.55. The molecule has 0 aliphatic carbocycles. The largest absolute Gasteiger partial charge is 0.454 e. The third-order valence-corrected chi connectivity index (χ3v) is 2.67. The number of benzene rings is 1. The molecule has 6 heteroatoms. The lowest BCUT2D eigenvalue weighted by Gasteiger charge is -2.10. The predicted molar refractivity (Wildman–Crippen MR) is 68.4 cm³/mol. The number of halogens is 3. The molecule has 1 heterocycles. The Morgan fingerprint density at radius 2 is 1.65 bits per heavy atom. The van der Waals surface area contributed by atoms with E-state index in [0.29, 0.717) is 11.4 Å². The van der Waals surface area contributed by atoms with Crippen LogP contribution in [0.1, 0.15) is 12.5 Å². The van der Waals surface area contributed by atoms with Gasteiger partial charge >= 0.3 is 6.43 Å². The lowest BCUT2D eigenvalue weighted by Crippen LogP contribution is -2.19. The molecule has 0 N–H and O–H groups in total. The van der Waals surface area contributed by atoms with E-state index in [2.05, 4.69) is 14.7 Å². The van der Waals surface area contributed by atoms with Crippen LogP contribution in [0.2, 0.25) is 0 Å². The Hall–Kier alpha value is -2.11. The van der Waals surface area contributed by atoms with Gasteiger partial charge in [-0.2, -0.15) is 4.39 Å². The molecule has 1 aromatic carbocycles. The first-order valence-corrected chi connectivity index (χ1v) is 6.10. The first-order chi connectivity index (χ1) is 9.60. The minimum absolute atomic E-state index is 0.0340. The highest BCUT2D eigenvalue weighted by atomic mass is 19.3. The second-order valence-electron chi connectivity index (χ2n) is 4.10. The Kier molecular flexibility index (Phi) is 4.55. The second kappa shape index (κ2) is 6.36. The number of aryl methyl sites for hydroxylation is 1. The molecule has 0 bridgehead atoms. The van der Waals surface area contributed by atoms with Crippen LogP contribution < -0.4 is 4.74 Å². The number of alkyl halides is 3. The molecule has 0 fully saturated rings. The zero-order valence-corrected chi connectivity index (χ0v) is 10.8. The van der Waals surface area contributed by atoms with E-state index in [1.165, 1.54) is 12.1 Å². The summed E-state index contributed by atoms with van der Waals surface area (Å²) in [6.45, 7) is 2.00. The summed E-state index contributed by atoms with van der Waals surface area (Å²) in [6, 6.07) is 5.99. The fraction of sp³-hybridized carbons (Fsp3) is 0.286. The molecule has 0 saturated heterocycles. The van der Waals surface area contributed by atoms with E-state index in [4.69, 9.17) is 0 Å². The lowest BCUT2D eigenvalue weighted by atomic mass is 10.2. The van der Waals surface area contributed by atoms with E-state index in [1.807, 2.05) is 6.92 Å². The maximum Gasteiger partial charge on any atom is 0.304 e. The fourth-order valence-corrected chi connectivity index (χ4v) is 1.55. The summed E-state index contributed by atoms with van der Waals surface area (Å²) in [4.78, 5) is 8.39. The van der Waals surface area contributed by atoms with Crippen LogP contribution in [-0.4, -0.2) is 22.8 Å². The van der Waals surface area contributed by atoms with Crippen LogP contribution in [0, 0.1) is 0 Å². The zero-order chi connectivity index (χ0) is 14.5. The maximum absolute atomic E-state index is 12.7. The Bertz CT molecular complexity index is 543. The smallest absolute Gasteiger partial charge is 0.304 e. The number of rotatable bonds is 5. The van der Waals surface area contributed by atoms with Gasteiger partial charge in [0.25, 0.3) is 6.36 Å². The van der Waals surface area contributed by atoms with E-state index >= 15 is 0 Å². The van der Waals surface area contributed by atoms with Crippen LogP contribution in [0.15, 0.2) is 36.7 Å². The quantitative estimate of drug-likeness (QED) is 0.839. The van der Waals surface area contributed by atoms with Crippen molar-refractivity contribution in [3.8, 4) is 17.1 Å². The van der Waals surface area contributed by atoms with E-state index in [-0.39, 0.29) is 5.75 Å².